The van der Waals surface area contributed by atoms with Crippen molar-refractivity contribution in [3.63, 3.8) is 0 Å². The van der Waals surface area contributed by atoms with Crippen molar-refractivity contribution >= 4 is 29.2 Å². The molecule has 1 aliphatic heterocycles. The van der Waals surface area contributed by atoms with Crippen LogP contribution in [0.3, 0.4) is 0 Å². The van der Waals surface area contributed by atoms with E-state index in [0.717, 1.165) is 28.1 Å². The number of esters is 1. The zero-order valence-electron chi connectivity index (χ0n) is 15.5. The highest BCUT2D eigenvalue weighted by molar-refractivity contribution is 6.30. The predicted molar refractivity (Wildman–Crippen MR) is 104 cm³/mol. The van der Waals surface area contributed by atoms with Crippen LogP contribution < -0.4 is 10.1 Å². The molecule has 142 valence electrons. The molecular weight excluding hydrogens is 366 g/mol. The van der Waals surface area contributed by atoms with Gasteiger partial charge in [0.2, 0.25) is 0 Å². The first-order valence-corrected chi connectivity index (χ1v) is 9.21. The number of benzene rings is 2. The third-order valence-electron chi connectivity index (χ3n) is 4.65. The fraction of sp³-hybridized carbons (Fsp3) is 0.333. The quantitative estimate of drug-likeness (QED) is 0.803. The van der Waals surface area contributed by atoms with E-state index in [2.05, 4.69) is 5.32 Å². The Kier molecular flexibility index (Phi) is 5.71. The number of nitrogens with one attached hydrogen (secondary N) is 1. The molecule has 2 aromatic carbocycles. The minimum Gasteiger partial charge on any atom is -0.492 e. The average Bonchev–Trinajstić information content (AvgIpc) is 2.63. The summed E-state index contributed by atoms with van der Waals surface area (Å²) in [5.74, 6) is -0.554. The number of hydrogen-bond acceptors (Lipinski definition) is 4. The van der Waals surface area contributed by atoms with Gasteiger partial charge in [-0.3, -0.25) is 9.59 Å². The van der Waals surface area contributed by atoms with Gasteiger partial charge in [0.15, 0.2) is 6.10 Å². The van der Waals surface area contributed by atoms with Crippen LogP contribution in [0.15, 0.2) is 36.4 Å². The van der Waals surface area contributed by atoms with Crippen molar-refractivity contribution in [1.29, 1.82) is 0 Å². The molecule has 1 heterocycles. The summed E-state index contributed by atoms with van der Waals surface area (Å²) in [5.41, 5.74) is 3.52. The standard InChI is InChI=1S/C21H22ClNO4/c1-12-5-4-6-13(2)19(12)23-20(24)14(3)27-21(25)16-9-15-10-17(22)7-8-18(15)26-11-16/h4-8,10,14,16H,9,11H2,1-3H3,(H,23,24)/t14-,16+/m0/s1. The summed E-state index contributed by atoms with van der Waals surface area (Å²) < 4.78 is 11.0. The smallest absolute Gasteiger partial charge is 0.313 e. The van der Waals surface area contributed by atoms with Gasteiger partial charge in [0.25, 0.3) is 5.91 Å². The van der Waals surface area contributed by atoms with Crippen molar-refractivity contribution in [3.05, 3.63) is 58.1 Å². The molecule has 0 saturated heterocycles. The van der Waals surface area contributed by atoms with Gasteiger partial charge in [-0.05, 0) is 62.1 Å². The molecular formula is C21H22ClNO4. The van der Waals surface area contributed by atoms with E-state index in [0.29, 0.717) is 11.4 Å². The van der Waals surface area contributed by atoms with Crippen molar-refractivity contribution in [1.82, 2.24) is 0 Å². The topological polar surface area (TPSA) is 64.6 Å². The summed E-state index contributed by atoms with van der Waals surface area (Å²) in [6.07, 6.45) is -0.433. The molecule has 0 fully saturated rings. The van der Waals surface area contributed by atoms with Crippen LogP contribution in [0, 0.1) is 19.8 Å². The normalized spacial score (nSPS) is 16.7. The van der Waals surface area contributed by atoms with E-state index in [1.54, 1.807) is 25.1 Å². The Labute approximate surface area is 163 Å². The van der Waals surface area contributed by atoms with E-state index < -0.39 is 18.0 Å². The second kappa shape index (κ2) is 8.01. The fourth-order valence-corrected chi connectivity index (χ4v) is 3.27. The molecule has 27 heavy (non-hydrogen) atoms. The lowest BCUT2D eigenvalue weighted by molar-refractivity contribution is -0.158. The first-order chi connectivity index (χ1) is 12.8. The average molecular weight is 388 g/mol. The molecule has 0 bridgehead atoms. The summed E-state index contributed by atoms with van der Waals surface area (Å²) >= 11 is 6.01. The lowest BCUT2D eigenvalue weighted by atomic mass is 9.97. The number of fused-ring (bicyclic) bond motifs is 1. The number of rotatable bonds is 4. The van der Waals surface area contributed by atoms with Gasteiger partial charge in [-0.2, -0.15) is 0 Å². The van der Waals surface area contributed by atoms with Crippen LogP contribution in [0.25, 0.3) is 0 Å². The van der Waals surface area contributed by atoms with Crippen molar-refractivity contribution in [3.8, 4) is 5.75 Å². The number of ether oxygens (including phenoxy) is 2. The maximum Gasteiger partial charge on any atom is 0.313 e. The summed E-state index contributed by atoms with van der Waals surface area (Å²) in [6.45, 7) is 5.62. The SMILES string of the molecule is Cc1cccc(C)c1NC(=O)[C@H](C)OC(=O)[C@H]1COc2ccc(Cl)cc2C1. The number of carbonyl (C=O) groups is 2. The van der Waals surface area contributed by atoms with E-state index >= 15 is 0 Å². The van der Waals surface area contributed by atoms with Gasteiger partial charge in [-0.15, -0.1) is 0 Å². The van der Waals surface area contributed by atoms with Crippen LogP contribution in [0.2, 0.25) is 5.02 Å². The maximum absolute atomic E-state index is 12.5. The summed E-state index contributed by atoms with van der Waals surface area (Å²) in [5, 5.41) is 3.44. The number of anilines is 1. The first kappa shape index (κ1) is 19.2. The number of hydrogen-bond donors (Lipinski definition) is 1. The van der Waals surface area contributed by atoms with Crippen LogP contribution in [-0.2, 0) is 20.7 Å². The van der Waals surface area contributed by atoms with E-state index in [1.165, 1.54) is 0 Å². The zero-order valence-corrected chi connectivity index (χ0v) is 16.3. The molecule has 0 unspecified atom stereocenters. The van der Waals surface area contributed by atoms with Crippen LogP contribution >= 0.6 is 11.6 Å². The molecule has 1 N–H and O–H groups in total. The highest BCUT2D eigenvalue weighted by Gasteiger charge is 2.30. The van der Waals surface area contributed by atoms with Crippen LogP contribution in [0.1, 0.15) is 23.6 Å². The molecule has 0 aromatic heterocycles. The lowest BCUT2D eigenvalue weighted by Gasteiger charge is -2.25. The van der Waals surface area contributed by atoms with Gasteiger partial charge in [0, 0.05) is 10.7 Å². The molecule has 1 amide bonds. The number of halogens is 1. The van der Waals surface area contributed by atoms with E-state index in [1.807, 2.05) is 32.0 Å². The molecule has 0 spiro atoms. The fourth-order valence-electron chi connectivity index (χ4n) is 3.07. The summed E-state index contributed by atoms with van der Waals surface area (Å²) in [7, 11) is 0. The molecule has 6 heteroatoms. The van der Waals surface area contributed by atoms with Gasteiger partial charge < -0.3 is 14.8 Å². The van der Waals surface area contributed by atoms with Gasteiger partial charge >= 0.3 is 5.97 Å². The predicted octanol–water partition coefficient (Wildman–Crippen LogP) is 4.08. The summed E-state index contributed by atoms with van der Waals surface area (Å²) in [4.78, 5) is 24.9. The van der Waals surface area contributed by atoms with E-state index in [4.69, 9.17) is 21.1 Å². The number of para-hydroxylation sites is 1. The van der Waals surface area contributed by atoms with E-state index in [9.17, 15) is 9.59 Å². The number of aryl methyl sites for hydroxylation is 2. The lowest BCUT2D eigenvalue weighted by Crippen LogP contribution is -2.36. The Hall–Kier alpha value is -2.53. The monoisotopic (exact) mass is 387 g/mol. The largest absolute Gasteiger partial charge is 0.492 e. The van der Waals surface area contributed by atoms with Crippen LogP contribution in [-0.4, -0.2) is 24.6 Å². The zero-order chi connectivity index (χ0) is 19.6. The molecule has 2 atom stereocenters. The minimum atomic E-state index is -0.905. The number of carbonyl (C=O) groups excluding carboxylic acids is 2. The molecule has 2 aromatic rings. The first-order valence-electron chi connectivity index (χ1n) is 8.84. The summed E-state index contributed by atoms with van der Waals surface area (Å²) in [6, 6.07) is 11.1. The maximum atomic E-state index is 12.5. The van der Waals surface area contributed by atoms with E-state index in [-0.39, 0.29) is 12.5 Å². The minimum absolute atomic E-state index is 0.221. The molecule has 3 rings (SSSR count). The van der Waals surface area contributed by atoms with Crippen LogP contribution in [0.4, 0.5) is 5.69 Å². The van der Waals surface area contributed by atoms with Gasteiger partial charge in [0.1, 0.15) is 12.4 Å². The Morgan fingerprint density at radius 1 is 1.22 bits per heavy atom. The second-order valence-corrected chi connectivity index (χ2v) is 7.24. The third-order valence-corrected chi connectivity index (χ3v) is 4.89. The molecule has 0 radical (unpaired) electrons. The Bertz CT molecular complexity index is 860. The van der Waals surface area contributed by atoms with Gasteiger partial charge in [-0.1, -0.05) is 29.8 Å². The number of amides is 1. The molecule has 1 aliphatic rings. The van der Waals surface area contributed by atoms with Crippen molar-refractivity contribution in [2.24, 2.45) is 5.92 Å². The molecule has 5 nitrogen and oxygen atoms in total. The third kappa shape index (κ3) is 4.42. The van der Waals surface area contributed by atoms with Crippen molar-refractivity contribution in [2.45, 2.75) is 33.3 Å². The molecule has 0 aliphatic carbocycles. The van der Waals surface area contributed by atoms with Crippen LogP contribution in [0.5, 0.6) is 5.75 Å². The second-order valence-electron chi connectivity index (χ2n) is 6.80. The molecule has 0 saturated carbocycles. The Balaban J connectivity index is 1.61. The van der Waals surface area contributed by atoms with Gasteiger partial charge in [-0.25, -0.2) is 0 Å². The van der Waals surface area contributed by atoms with Crippen molar-refractivity contribution in [2.75, 3.05) is 11.9 Å². The Morgan fingerprint density at radius 3 is 2.63 bits per heavy atom. The highest BCUT2D eigenvalue weighted by Crippen LogP contribution is 2.30. The highest BCUT2D eigenvalue weighted by atomic mass is 35.5. The van der Waals surface area contributed by atoms with Crippen molar-refractivity contribution < 1.29 is 19.1 Å². The Morgan fingerprint density at radius 2 is 1.93 bits per heavy atom. The van der Waals surface area contributed by atoms with Gasteiger partial charge in [0.05, 0.1) is 5.92 Å².